The van der Waals surface area contributed by atoms with Crippen molar-refractivity contribution in [1.82, 2.24) is 19.7 Å². The SMILES string of the molecule is CCN(CC)CCN(C(=O)c1ccn(CC)n1)c1nc2ccc(F)cc2s1.Cl. The van der Waals surface area contributed by atoms with E-state index in [1.165, 1.54) is 23.5 Å². The lowest BCUT2D eigenvalue weighted by molar-refractivity contribution is 0.0978. The first-order chi connectivity index (χ1) is 13.0. The maximum Gasteiger partial charge on any atom is 0.280 e. The molecule has 0 N–H and O–H groups in total. The van der Waals surface area contributed by atoms with Crippen molar-refractivity contribution in [3.05, 3.63) is 42.0 Å². The minimum Gasteiger partial charge on any atom is -0.302 e. The van der Waals surface area contributed by atoms with Crippen molar-refractivity contribution >= 4 is 45.0 Å². The molecule has 6 nitrogen and oxygen atoms in total. The summed E-state index contributed by atoms with van der Waals surface area (Å²) < 4.78 is 16.0. The van der Waals surface area contributed by atoms with Crippen LogP contribution in [0.4, 0.5) is 9.52 Å². The van der Waals surface area contributed by atoms with Gasteiger partial charge in [0.05, 0.1) is 10.2 Å². The molecule has 9 heteroatoms. The normalized spacial score (nSPS) is 11.0. The Morgan fingerprint density at radius 1 is 1.18 bits per heavy atom. The number of rotatable bonds is 8. The van der Waals surface area contributed by atoms with Crippen molar-refractivity contribution in [3.8, 4) is 0 Å². The van der Waals surface area contributed by atoms with Crippen LogP contribution in [0, 0.1) is 5.82 Å². The fraction of sp³-hybridized carbons (Fsp3) is 0.421. The fourth-order valence-electron chi connectivity index (χ4n) is 2.86. The second kappa shape index (κ2) is 9.95. The number of hydrogen-bond donors (Lipinski definition) is 0. The predicted molar refractivity (Wildman–Crippen MR) is 114 cm³/mol. The summed E-state index contributed by atoms with van der Waals surface area (Å²) in [6, 6.07) is 6.21. The molecule has 0 saturated carbocycles. The van der Waals surface area contributed by atoms with Crippen molar-refractivity contribution < 1.29 is 9.18 Å². The second-order valence-electron chi connectivity index (χ2n) is 6.15. The van der Waals surface area contributed by atoms with Crippen molar-refractivity contribution in [2.45, 2.75) is 27.3 Å². The van der Waals surface area contributed by atoms with Gasteiger partial charge >= 0.3 is 0 Å². The Morgan fingerprint density at radius 2 is 1.93 bits per heavy atom. The number of hydrogen-bond acceptors (Lipinski definition) is 5. The summed E-state index contributed by atoms with van der Waals surface area (Å²) in [7, 11) is 0. The number of aryl methyl sites for hydroxylation is 1. The van der Waals surface area contributed by atoms with Crippen LogP contribution >= 0.6 is 23.7 Å². The highest BCUT2D eigenvalue weighted by Gasteiger charge is 2.23. The van der Waals surface area contributed by atoms with Crippen LogP contribution < -0.4 is 4.90 Å². The molecule has 0 unspecified atom stereocenters. The Labute approximate surface area is 174 Å². The second-order valence-corrected chi connectivity index (χ2v) is 7.16. The topological polar surface area (TPSA) is 54.3 Å². The molecule has 2 heterocycles. The zero-order chi connectivity index (χ0) is 19.4. The van der Waals surface area contributed by atoms with Crippen LogP contribution in [-0.2, 0) is 6.54 Å². The van der Waals surface area contributed by atoms with Gasteiger partial charge in [0.1, 0.15) is 5.82 Å². The van der Waals surface area contributed by atoms with Gasteiger partial charge in [-0.1, -0.05) is 25.2 Å². The number of likely N-dealkylation sites (N-methyl/N-ethyl adjacent to an activating group) is 1. The predicted octanol–water partition coefficient (Wildman–Crippen LogP) is 4.06. The molecule has 0 aliphatic heterocycles. The van der Waals surface area contributed by atoms with Gasteiger partial charge in [-0.3, -0.25) is 14.4 Å². The average molecular weight is 426 g/mol. The van der Waals surface area contributed by atoms with Crippen LogP contribution in [0.3, 0.4) is 0 Å². The molecule has 0 aliphatic rings. The van der Waals surface area contributed by atoms with E-state index in [4.69, 9.17) is 0 Å². The Hall–Kier alpha value is -2.03. The van der Waals surface area contributed by atoms with Gasteiger partial charge in [0.2, 0.25) is 0 Å². The Balaban J connectivity index is 0.00000280. The molecule has 0 spiro atoms. The van der Waals surface area contributed by atoms with Crippen LogP contribution in [-0.4, -0.2) is 51.8 Å². The smallest absolute Gasteiger partial charge is 0.280 e. The highest BCUT2D eigenvalue weighted by atomic mass is 35.5. The first-order valence-corrected chi connectivity index (χ1v) is 10.0. The zero-order valence-electron chi connectivity index (χ0n) is 16.3. The molecule has 152 valence electrons. The number of aromatic nitrogens is 3. The van der Waals surface area contributed by atoms with E-state index < -0.39 is 0 Å². The zero-order valence-corrected chi connectivity index (χ0v) is 17.9. The van der Waals surface area contributed by atoms with Gasteiger partial charge < -0.3 is 4.90 Å². The number of amides is 1. The van der Waals surface area contributed by atoms with Gasteiger partial charge in [0.15, 0.2) is 10.8 Å². The van der Waals surface area contributed by atoms with Gasteiger partial charge in [-0.2, -0.15) is 5.10 Å². The van der Waals surface area contributed by atoms with Crippen LogP contribution in [0.15, 0.2) is 30.5 Å². The standard InChI is InChI=1S/C19H24FN5OS.ClH/c1-4-23(5-2)11-12-25(18(26)16-9-10-24(6-3)22-16)19-21-15-8-7-14(20)13-17(15)27-19;/h7-10,13H,4-6,11-12H2,1-3H3;1H. The highest BCUT2D eigenvalue weighted by Crippen LogP contribution is 2.30. The number of nitrogens with zero attached hydrogens (tertiary/aromatic N) is 5. The van der Waals surface area contributed by atoms with Gasteiger partial charge in [-0.05, 0) is 44.3 Å². The van der Waals surface area contributed by atoms with Crippen molar-refractivity contribution in [2.24, 2.45) is 0 Å². The van der Waals surface area contributed by atoms with Gasteiger partial charge in [-0.15, -0.1) is 12.4 Å². The summed E-state index contributed by atoms with van der Waals surface area (Å²) in [6.45, 7) is 9.92. The van der Waals surface area contributed by atoms with E-state index in [1.54, 1.807) is 27.9 Å². The van der Waals surface area contributed by atoms with Crippen LogP contribution in [0.25, 0.3) is 10.2 Å². The summed E-state index contributed by atoms with van der Waals surface area (Å²) in [6.07, 6.45) is 1.80. The average Bonchev–Trinajstić information content (AvgIpc) is 3.31. The van der Waals surface area contributed by atoms with Gasteiger partial charge in [0, 0.05) is 25.8 Å². The van der Waals surface area contributed by atoms with Gasteiger partial charge in [-0.25, -0.2) is 9.37 Å². The lowest BCUT2D eigenvalue weighted by Crippen LogP contribution is -2.39. The van der Waals surface area contributed by atoms with E-state index in [0.717, 1.165) is 24.3 Å². The monoisotopic (exact) mass is 425 g/mol. The summed E-state index contributed by atoms with van der Waals surface area (Å²) in [5.74, 6) is -0.491. The quantitative estimate of drug-likeness (QED) is 0.546. The van der Waals surface area contributed by atoms with Crippen LogP contribution in [0.2, 0.25) is 0 Å². The molecule has 2 aromatic heterocycles. The molecule has 3 rings (SSSR count). The summed E-state index contributed by atoms with van der Waals surface area (Å²) in [5.41, 5.74) is 1.08. The number of benzene rings is 1. The first-order valence-electron chi connectivity index (χ1n) is 9.19. The van der Waals surface area contributed by atoms with Crippen molar-refractivity contribution in [1.29, 1.82) is 0 Å². The summed E-state index contributed by atoms with van der Waals surface area (Å²) >= 11 is 1.32. The van der Waals surface area contributed by atoms with Crippen LogP contribution in [0.1, 0.15) is 31.3 Å². The number of fused-ring (bicyclic) bond motifs is 1. The molecule has 1 aromatic carbocycles. The van der Waals surface area contributed by atoms with E-state index >= 15 is 0 Å². The Bertz CT molecular complexity index is 924. The molecule has 1 amide bonds. The number of thiazole rings is 1. The minimum absolute atomic E-state index is 0. The lowest BCUT2D eigenvalue weighted by Gasteiger charge is -2.24. The molecule has 0 bridgehead atoms. The largest absolute Gasteiger partial charge is 0.302 e. The van der Waals surface area contributed by atoms with E-state index in [-0.39, 0.29) is 24.1 Å². The third-order valence-corrected chi connectivity index (χ3v) is 5.57. The number of carbonyl (C=O) groups is 1. The molecule has 0 saturated heterocycles. The molecule has 0 aliphatic carbocycles. The third-order valence-electron chi connectivity index (χ3n) is 4.53. The number of halogens is 2. The van der Waals surface area contributed by atoms with Crippen molar-refractivity contribution in [3.63, 3.8) is 0 Å². The maximum absolute atomic E-state index is 13.5. The van der Waals surface area contributed by atoms with Crippen molar-refractivity contribution in [2.75, 3.05) is 31.1 Å². The number of anilines is 1. The fourth-order valence-corrected chi connectivity index (χ4v) is 3.87. The van der Waals surface area contributed by atoms with Gasteiger partial charge in [0.25, 0.3) is 5.91 Å². The van der Waals surface area contributed by atoms with E-state index in [9.17, 15) is 9.18 Å². The molecule has 3 aromatic rings. The summed E-state index contributed by atoms with van der Waals surface area (Å²) in [5, 5.41) is 4.91. The molecule has 0 atom stereocenters. The number of carbonyl (C=O) groups excluding carboxylic acids is 1. The lowest BCUT2D eigenvalue weighted by atomic mass is 10.3. The molecule has 0 fully saturated rings. The minimum atomic E-state index is -0.305. The summed E-state index contributed by atoms with van der Waals surface area (Å²) in [4.78, 5) is 21.6. The molecule has 0 radical (unpaired) electrons. The first kappa shape index (κ1) is 22.3. The van der Waals surface area contributed by atoms with E-state index in [1.807, 2.05) is 6.92 Å². The molecular formula is C19H25ClFN5OS. The third kappa shape index (κ3) is 4.87. The maximum atomic E-state index is 13.5. The molecule has 28 heavy (non-hydrogen) atoms. The van der Waals surface area contributed by atoms with E-state index in [0.29, 0.717) is 29.4 Å². The van der Waals surface area contributed by atoms with E-state index in [2.05, 4.69) is 28.8 Å². The Morgan fingerprint density at radius 3 is 2.57 bits per heavy atom. The highest BCUT2D eigenvalue weighted by molar-refractivity contribution is 7.22. The molecular weight excluding hydrogens is 401 g/mol. The Kier molecular flexibility index (Phi) is 7.91. The van der Waals surface area contributed by atoms with Crippen LogP contribution in [0.5, 0.6) is 0 Å².